The number of primary amides is 3. The summed E-state index contributed by atoms with van der Waals surface area (Å²) in [6.45, 7) is 6.40. The lowest BCUT2D eigenvalue weighted by Crippen LogP contribution is -2.50. The maximum absolute atomic E-state index is 13.1. The van der Waals surface area contributed by atoms with Crippen LogP contribution in [0.5, 0.6) is 6.01 Å². The number of alkyl halides is 3. The molecule has 0 unspecified atom stereocenters. The second kappa shape index (κ2) is 21.2. The first kappa shape index (κ1) is 46.9. The fourth-order valence-electron chi connectivity index (χ4n) is 4.50. The highest BCUT2D eigenvalue weighted by Gasteiger charge is 2.57. The van der Waals surface area contributed by atoms with Crippen LogP contribution in [0.4, 0.5) is 30.8 Å². The van der Waals surface area contributed by atoms with Crippen molar-refractivity contribution in [3.05, 3.63) is 77.8 Å². The number of nitrogens with one attached hydrogen (secondary N) is 4. The van der Waals surface area contributed by atoms with Crippen molar-refractivity contribution in [3.63, 3.8) is 0 Å². The van der Waals surface area contributed by atoms with Crippen LogP contribution in [0.2, 0.25) is 5.02 Å². The molecule has 1 heterocycles. The van der Waals surface area contributed by atoms with Gasteiger partial charge in [-0.05, 0) is 67.6 Å². The summed E-state index contributed by atoms with van der Waals surface area (Å²) in [6, 6.07) is 10.6. The number of hydrogen-bond acceptors (Lipinski definition) is 13. The Labute approximate surface area is 329 Å². The minimum Gasteiger partial charge on any atom is -0.398 e. The van der Waals surface area contributed by atoms with Gasteiger partial charge in [-0.25, -0.2) is 0 Å². The van der Waals surface area contributed by atoms with Gasteiger partial charge in [-0.15, -0.1) is 13.2 Å². The lowest BCUT2D eigenvalue weighted by Gasteiger charge is -2.24. The number of anilines is 3. The van der Waals surface area contributed by atoms with E-state index in [1.165, 1.54) is 31.3 Å². The molecular weight excluding hydrogens is 781 g/mol. The molecule has 57 heavy (non-hydrogen) atoms. The first-order chi connectivity index (χ1) is 26.7. The summed E-state index contributed by atoms with van der Waals surface area (Å²) in [7, 11) is 1.52. The predicted octanol–water partition coefficient (Wildman–Crippen LogP) is 1.39. The molecule has 0 aliphatic heterocycles. The fraction of sp³-hybridized carbons (Fsp3) is 0.353. The van der Waals surface area contributed by atoms with Crippen LogP contribution in [-0.4, -0.2) is 86.5 Å². The molecule has 2 aromatic carbocycles. The SMILES string of the molecule is C=C.CN=C(N)NCCC[C@H](NC(=O)c1ccc(Nc2nc(NC3(c4ccc(Cl)cc4)CC3)nc(OC(O)(O)C(F)(F)F)n2)cc1)C(N)=O.NC(=O)CCC(N)=O. The number of carbonyl (C=O) groups is 4. The molecule has 0 bridgehead atoms. The van der Waals surface area contributed by atoms with Crippen molar-refractivity contribution in [2.75, 3.05) is 24.2 Å². The van der Waals surface area contributed by atoms with Gasteiger partial charge in [0.2, 0.25) is 29.6 Å². The van der Waals surface area contributed by atoms with E-state index >= 15 is 0 Å². The van der Waals surface area contributed by atoms with Crippen molar-refractivity contribution >= 4 is 58.8 Å². The third-order valence-corrected chi connectivity index (χ3v) is 7.85. The molecule has 310 valence electrons. The Kier molecular flexibility index (Phi) is 17.4. The van der Waals surface area contributed by atoms with Crippen LogP contribution < -0.4 is 48.9 Å². The highest BCUT2D eigenvalue weighted by molar-refractivity contribution is 6.30. The molecule has 1 aliphatic rings. The number of amides is 4. The molecule has 3 aromatic rings. The molecule has 1 saturated carbocycles. The maximum Gasteiger partial charge on any atom is 0.486 e. The highest BCUT2D eigenvalue weighted by atomic mass is 35.5. The van der Waals surface area contributed by atoms with Gasteiger partial charge in [-0.3, -0.25) is 24.2 Å². The Bertz CT molecular complexity index is 1850. The number of hydrogen-bond donors (Lipinski definition) is 10. The second-order valence-corrected chi connectivity index (χ2v) is 12.4. The monoisotopic (exact) mass is 824 g/mol. The lowest BCUT2D eigenvalue weighted by atomic mass is 10.1. The van der Waals surface area contributed by atoms with Crippen LogP contribution in [0.1, 0.15) is 54.4 Å². The van der Waals surface area contributed by atoms with Gasteiger partial charge in [0.15, 0.2) is 5.96 Å². The van der Waals surface area contributed by atoms with E-state index in [9.17, 15) is 42.6 Å². The molecule has 1 aromatic heterocycles. The summed E-state index contributed by atoms with van der Waals surface area (Å²) in [5.74, 6) is -7.22. The third-order valence-electron chi connectivity index (χ3n) is 7.60. The van der Waals surface area contributed by atoms with E-state index < -0.39 is 53.4 Å². The number of benzene rings is 2. The number of ether oxygens (including phenoxy) is 1. The van der Waals surface area contributed by atoms with Gasteiger partial charge in [-0.1, -0.05) is 23.7 Å². The average Bonchev–Trinajstić information content (AvgIpc) is 3.92. The Balaban J connectivity index is 0.000000998. The van der Waals surface area contributed by atoms with E-state index in [-0.39, 0.29) is 48.4 Å². The zero-order valence-electron chi connectivity index (χ0n) is 30.6. The van der Waals surface area contributed by atoms with Gasteiger partial charge in [0.1, 0.15) is 6.04 Å². The van der Waals surface area contributed by atoms with Crippen LogP contribution in [-0.2, 0) is 19.9 Å². The molecule has 14 N–H and O–H groups in total. The van der Waals surface area contributed by atoms with E-state index in [0.29, 0.717) is 30.8 Å². The van der Waals surface area contributed by atoms with Crippen molar-refractivity contribution in [1.82, 2.24) is 25.6 Å². The smallest absolute Gasteiger partial charge is 0.398 e. The number of rotatable bonds is 17. The van der Waals surface area contributed by atoms with Gasteiger partial charge in [-0.2, -0.15) is 28.1 Å². The normalized spacial score (nSPS) is 13.6. The molecule has 4 amide bonds. The molecule has 19 nitrogen and oxygen atoms in total. The number of aliphatic hydroxyl groups is 2. The Morgan fingerprint density at radius 1 is 0.930 bits per heavy atom. The van der Waals surface area contributed by atoms with Crippen LogP contribution in [0, 0.1) is 0 Å². The van der Waals surface area contributed by atoms with Crippen molar-refractivity contribution in [2.24, 2.45) is 27.9 Å². The van der Waals surface area contributed by atoms with Gasteiger partial charge in [0.05, 0.1) is 5.54 Å². The van der Waals surface area contributed by atoms with Gasteiger partial charge in [0.25, 0.3) is 5.91 Å². The summed E-state index contributed by atoms with van der Waals surface area (Å²) in [4.78, 5) is 60.0. The van der Waals surface area contributed by atoms with E-state index in [2.05, 4.69) is 59.1 Å². The summed E-state index contributed by atoms with van der Waals surface area (Å²) in [6.07, 6.45) is -3.54. The lowest BCUT2D eigenvalue weighted by molar-refractivity contribution is -0.430. The number of halogens is 4. The molecule has 1 atom stereocenters. The van der Waals surface area contributed by atoms with Gasteiger partial charge < -0.3 is 59.2 Å². The van der Waals surface area contributed by atoms with Crippen LogP contribution in [0.25, 0.3) is 0 Å². The highest BCUT2D eigenvalue weighted by Crippen LogP contribution is 2.48. The van der Waals surface area contributed by atoms with Crippen molar-refractivity contribution < 1.29 is 47.3 Å². The molecule has 0 saturated heterocycles. The second-order valence-electron chi connectivity index (χ2n) is 11.9. The minimum absolute atomic E-state index is 0.0509. The zero-order valence-corrected chi connectivity index (χ0v) is 31.4. The fourth-order valence-corrected chi connectivity index (χ4v) is 4.63. The van der Waals surface area contributed by atoms with E-state index in [1.807, 2.05) is 0 Å². The Hall–Kier alpha value is -6.26. The van der Waals surface area contributed by atoms with E-state index in [4.69, 9.17) is 34.5 Å². The number of carbonyl (C=O) groups excluding carboxylic acids is 4. The van der Waals surface area contributed by atoms with Crippen molar-refractivity contribution in [3.8, 4) is 6.01 Å². The summed E-state index contributed by atoms with van der Waals surface area (Å²) in [5, 5.41) is 30.7. The molecule has 4 rings (SSSR count). The minimum atomic E-state index is -5.60. The maximum atomic E-state index is 13.1. The molecule has 1 fully saturated rings. The number of nitrogens with zero attached hydrogens (tertiary/aromatic N) is 4. The quantitative estimate of drug-likeness (QED) is 0.0303. The van der Waals surface area contributed by atoms with Gasteiger partial charge in [0, 0.05) is 42.7 Å². The predicted molar refractivity (Wildman–Crippen MR) is 203 cm³/mol. The molecular formula is C34H44ClF3N12O7. The van der Waals surface area contributed by atoms with Crippen molar-refractivity contribution in [1.29, 1.82) is 0 Å². The number of aromatic nitrogens is 3. The standard InChI is InChI=1S/C28H32ClF3N10O5.C4H8N2O2.C2H4/c1-35-22(34)36-14-2-3-19(20(33)43)38-21(44)15-4-10-18(11-5-15)37-23-39-24(41-25(40-23)47-28(45,46)27(30,31)32)42-26(12-13-26)16-6-8-17(29)9-7-16;5-3(7)1-2-4(6)8;1-2/h4-11,19,45-46H,2-3,12-14H2,1H3,(H2,33,43)(H,38,44)(H3,34,35,36)(H2,37,39,40,41,42);1-2H2,(H2,5,7)(H2,6,8);1-2H2/t19-;;/m0../s1. The van der Waals surface area contributed by atoms with Crippen LogP contribution >= 0.6 is 11.6 Å². The zero-order chi connectivity index (χ0) is 43.0. The van der Waals surface area contributed by atoms with Crippen molar-refractivity contribution in [2.45, 2.75) is 62.3 Å². The molecule has 1 aliphatic carbocycles. The van der Waals surface area contributed by atoms with E-state index in [1.54, 1.807) is 24.3 Å². The third kappa shape index (κ3) is 15.4. The molecule has 0 spiro atoms. The van der Waals surface area contributed by atoms with Crippen LogP contribution in [0.3, 0.4) is 0 Å². The topological polar surface area (TPSA) is 321 Å². The van der Waals surface area contributed by atoms with Crippen LogP contribution in [0.15, 0.2) is 66.7 Å². The number of nitrogens with two attached hydrogens (primary N) is 4. The Morgan fingerprint density at radius 3 is 1.98 bits per heavy atom. The Morgan fingerprint density at radius 2 is 1.49 bits per heavy atom. The number of aliphatic imine (C=N–C) groups is 1. The molecule has 0 radical (unpaired) electrons. The summed E-state index contributed by atoms with van der Waals surface area (Å²) >= 11 is 5.99. The number of guanidine groups is 1. The summed E-state index contributed by atoms with van der Waals surface area (Å²) in [5.41, 5.74) is 21.0. The van der Waals surface area contributed by atoms with E-state index in [0.717, 1.165) is 5.56 Å². The first-order valence-electron chi connectivity index (χ1n) is 16.7. The average molecular weight is 825 g/mol. The summed E-state index contributed by atoms with van der Waals surface area (Å²) < 4.78 is 43.7. The van der Waals surface area contributed by atoms with Gasteiger partial charge >= 0.3 is 18.2 Å². The molecule has 23 heteroatoms. The first-order valence-corrected chi connectivity index (χ1v) is 17.1. The largest absolute Gasteiger partial charge is 0.486 e.